The van der Waals surface area contributed by atoms with Gasteiger partial charge < -0.3 is 4.74 Å². The number of benzene rings is 3. The fourth-order valence-corrected chi connectivity index (χ4v) is 2.61. The minimum absolute atomic E-state index is 0.441. The van der Waals surface area contributed by atoms with E-state index in [0.717, 1.165) is 16.3 Å². The van der Waals surface area contributed by atoms with Crippen LogP contribution in [-0.4, -0.2) is 6.29 Å². The van der Waals surface area contributed by atoms with E-state index in [1.807, 2.05) is 30.3 Å². The Hall–Kier alpha value is -2.13. The third kappa shape index (κ3) is 3.14. The number of ether oxygens (including phenoxy) is 1. The minimum Gasteiger partial charge on any atom is -0.488 e. The Morgan fingerprint density at radius 1 is 0.952 bits per heavy atom. The van der Waals surface area contributed by atoms with Gasteiger partial charge in [0.05, 0.1) is 5.56 Å². The van der Waals surface area contributed by atoms with Crippen molar-refractivity contribution in [1.82, 2.24) is 0 Å². The average molecular weight is 341 g/mol. The van der Waals surface area contributed by atoms with E-state index in [1.165, 1.54) is 10.8 Å². The summed E-state index contributed by atoms with van der Waals surface area (Å²) >= 11 is 3.47. The van der Waals surface area contributed by atoms with Crippen LogP contribution in [0.3, 0.4) is 0 Å². The molecule has 0 heterocycles. The molecule has 0 aliphatic heterocycles. The Bertz CT molecular complexity index is 796. The smallest absolute Gasteiger partial charge is 0.153 e. The number of halogens is 1. The quantitative estimate of drug-likeness (QED) is 0.625. The predicted molar refractivity (Wildman–Crippen MR) is 87.8 cm³/mol. The van der Waals surface area contributed by atoms with Gasteiger partial charge in [-0.25, -0.2) is 0 Å². The molecule has 0 aliphatic carbocycles. The summed E-state index contributed by atoms with van der Waals surface area (Å²) in [4.78, 5) is 11.0. The summed E-state index contributed by atoms with van der Waals surface area (Å²) in [7, 11) is 0. The van der Waals surface area contributed by atoms with Gasteiger partial charge in [0.1, 0.15) is 12.4 Å². The maximum atomic E-state index is 11.0. The lowest BCUT2D eigenvalue weighted by molar-refractivity contribution is 0.111. The van der Waals surface area contributed by atoms with Crippen molar-refractivity contribution in [3.8, 4) is 5.75 Å². The highest BCUT2D eigenvalue weighted by atomic mass is 79.9. The molecule has 0 saturated heterocycles. The third-order valence-electron chi connectivity index (χ3n) is 3.31. The second-order valence-corrected chi connectivity index (χ2v) is 5.69. The van der Waals surface area contributed by atoms with Gasteiger partial charge in [-0.05, 0) is 46.7 Å². The molecule has 3 aromatic rings. The van der Waals surface area contributed by atoms with Gasteiger partial charge in [-0.2, -0.15) is 0 Å². The largest absolute Gasteiger partial charge is 0.488 e. The standard InChI is InChI=1S/C18H13BrO2/c19-17-8-7-14-9-13(5-6-15(14)10-17)12-21-18-4-2-1-3-16(18)11-20/h1-11H,12H2. The number of hydrogen-bond acceptors (Lipinski definition) is 2. The van der Waals surface area contributed by atoms with Gasteiger partial charge >= 0.3 is 0 Å². The molecule has 2 nitrogen and oxygen atoms in total. The monoisotopic (exact) mass is 340 g/mol. The molecule has 3 aromatic carbocycles. The molecular weight excluding hydrogens is 328 g/mol. The van der Waals surface area contributed by atoms with Crippen molar-refractivity contribution in [2.24, 2.45) is 0 Å². The van der Waals surface area contributed by atoms with E-state index in [2.05, 4.69) is 40.2 Å². The van der Waals surface area contributed by atoms with Crippen LogP contribution in [0, 0.1) is 0 Å². The molecule has 0 spiro atoms. The molecular formula is C18H13BrO2. The molecule has 0 unspecified atom stereocenters. The first-order valence-electron chi connectivity index (χ1n) is 6.61. The van der Waals surface area contributed by atoms with Crippen LogP contribution < -0.4 is 4.74 Å². The van der Waals surface area contributed by atoms with E-state index < -0.39 is 0 Å². The van der Waals surface area contributed by atoms with E-state index in [1.54, 1.807) is 6.07 Å². The Balaban J connectivity index is 1.82. The van der Waals surface area contributed by atoms with Gasteiger partial charge in [-0.1, -0.05) is 46.3 Å². The number of hydrogen-bond donors (Lipinski definition) is 0. The predicted octanol–water partition coefficient (Wildman–Crippen LogP) is 4.99. The first kappa shape index (κ1) is 13.8. The highest BCUT2D eigenvalue weighted by Crippen LogP contribution is 2.22. The van der Waals surface area contributed by atoms with Crippen molar-refractivity contribution in [3.63, 3.8) is 0 Å². The van der Waals surface area contributed by atoms with E-state index in [4.69, 9.17) is 4.74 Å². The number of aldehydes is 1. The van der Waals surface area contributed by atoms with Crippen LogP contribution in [0.4, 0.5) is 0 Å². The molecule has 0 radical (unpaired) electrons. The van der Waals surface area contributed by atoms with Gasteiger partial charge in [0, 0.05) is 4.47 Å². The van der Waals surface area contributed by atoms with Crippen LogP contribution in [0.2, 0.25) is 0 Å². The summed E-state index contributed by atoms with van der Waals surface area (Å²) in [6, 6.07) is 19.6. The van der Waals surface area contributed by atoms with Crippen LogP contribution >= 0.6 is 15.9 Å². The van der Waals surface area contributed by atoms with Gasteiger partial charge in [0.25, 0.3) is 0 Å². The fourth-order valence-electron chi connectivity index (χ4n) is 2.23. The molecule has 3 heteroatoms. The summed E-state index contributed by atoms with van der Waals surface area (Å²) in [6.45, 7) is 0.441. The highest BCUT2D eigenvalue weighted by molar-refractivity contribution is 9.10. The molecule has 0 bridgehead atoms. The molecule has 0 N–H and O–H groups in total. The fraction of sp³-hybridized carbons (Fsp3) is 0.0556. The number of carbonyl (C=O) groups is 1. The van der Waals surface area contributed by atoms with Gasteiger partial charge in [0.2, 0.25) is 0 Å². The van der Waals surface area contributed by atoms with Crippen molar-refractivity contribution < 1.29 is 9.53 Å². The lowest BCUT2D eigenvalue weighted by atomic mass is 10.1. The summed E-state index contributed by atoms with van der Waals surface area (Å²) in [5, 5.41) is 2.35. The maximum Gasteiger partial charge on any atom is 0.153 e. The second-order valence-electron chi connectivity index (χ2n) is 4.77. The van der Waals surface area contributed by atoms with Crippen LogP contribution in [-0.2, 0) is 6.61 Å². The van der Waals surface area contributed by atoms with E-state index in [9.17, 15) is 4.79 Å². The van der Waals surface area contributed by atoms with Crippen molar-refractivity contribution in [2.75, 3.05) is 0 Å². The average Bonchev–Trinajstić information content (AvgIpc) is 2.53. The topological polar surface area (TPSA) is 26.3 Å². The molecule has 0 amide bonds. The zero-order chi connectivity index (χ0) is 14.7. The first-order valence-corrected chi connectivity index (χ1v) is 7.41. The van der Waals surface area contributed by atoms with Crippen molar-refractivity contribution in [3.05, 3.63) is 76.3 Å². The van der Waals surface area contributed by atoms with Crippen LogP contribution in [0.5, 0.6) is 5.75 Å². The van der Waals surface area contributed by atoms with Crippen molar-refractivity contribution >= 4 is 33.0 Å². The summed E-state index contributed by atoms with van der Waals surface area (Å²) in [5.41, 5.74) is 1.65. The summed E-state index contributed by atoms with van der Waals surface area (Å²) < 4.78 is 6.81. The number of rotatable bonds is 4. The minimum atomic E-state index is 0.441. The van der Waals surface area contributed by atoms with Gasteiger partial charge in [-0.3, -0.25) is 4.79 Å². The molecule has 21 heavy (non-hydrogen) atoms. The normalized spacial score (nSPS) is 10.5. The molecule has 0 saturated carbocycles. The Morgan fingerprint density at radius 2 is 1.71 bits per heavy atom. The van der Waals surface area contributed by atoms with E-state index in [-0.39, 0.29) is 0 Å². The van der Waals surface area contributed by atoms with E-state index >= 15 is 0 Å². The van der Waals surface area contributed by atoms with Crippen LogP contribution in [0.1, 0.15) is 15.9 Å². The number of fused-ring (bicyclic) bond motifs is 1. The number of carbonyl (C=O) groups excluding carboxylic acids is 1. The molecule has 0 atom stereocenters. The lowest BCUT2D eigenvalue weighted by Crippen LogP contribution is -1.98. The molecule has 104 valence electrons. The first-order chi connectivity index (χ1) is 10.3. The van der Waals surface area contributed by atoms with Crippen molar-refractivity contribution in [2.45, 2.75) is 6.61 Å². The Morgan fingerprint density at radius 3 is 2.57 bits per heavy atom. The highest BCUT2D eigenvalue weighted by Gasteiger charge is 2.03. The zero-order valence-corrected chi connectivity index (χ0v) is 12.8. The Labute approximate surface area is 131 Å². The molecule has 0 aromatic heterocycles. The second kappa shape index (κ2) is 6.10. The lowest BCUT2D eigenvalue weighted by Gasteiger charge is -2.09. The summed E-state index contributed by atoms with van der Waals surface area (Å²) in [6.07, 6.45) is 0.813. The van der Waals surface area contributed by atoms with Crippen LogP contribution in [0.25, 0.3) is 10.8 Å². The third-order valence-corrected chi connectivity index (χ3v) is 3.80. The number of para-hydroxylation sites is 1. The molecule has 0 fully saturated rings. The SMILES string of the molecule is O=Cc1ccccc1OCc1ccc2cc(Br)ccc2c1. The maximum absolute atomic E-state index is 11.0. The van der Waals surface area contributed by atoms with Crippen LogP contribution in [0.15, 0.2) is 65.1 Å². The van der Waals surface area contributed by atoms with Crippen molar-refractivity contribution in [1.29, 1.82) is 0 Å². The van der Waals surface area contributed by atoms with Gasteiger partial charge in [-0.15, -0.1) is 0 Å². The summed E-state index contributed by atoms with van der Waals surface area (Å²) in [5.74, 6) is 0.614. The Kier molecular flexibility index (Phi) is 4.02. The van der Waals surface area contributed by atoms with E-state index in [0.29, 0.717) is 17.9 Å². The zero-order valence-electron chi connectivity index (χ0n) is 11.3. The molecule has 3 rings (SSSR count). The van der Waals surface area contributed by atoms with Gasteiger partial charge in [0.15, 0.2) is 6.29 Å². The molecule has 0 aliphatic rings.